The van der Waals surface area contributed by atoms with Crippen molar-refractivity contribution in [3.05, 3.63) is 23.7 Å². The molecule has 1 fully saturated rings. The lowest BCUT2D eigenvalue weighted by Gasteiger charge is -2.24. The molecule has 2 heterocycles. The van der Waals surface area contributed by atoms with E-state index >= 15 is 0 Å². The Morgan fingerprint density at radius 3 is 2.75 bits per heavy atom. The zero-order valence-electron chi connectivity index (χ0n) is 8.72. The Bertz CT molecular complexity index is 405. The molecular weight excluding hydrogens is 230 g/mol. The van der Waals surface area contributed by atoms with E-state index in [1.807, 2.05) is 0 Å². The lowest BCUT2D eigenvalue weighted by atomic mass is 10.3. The number of aromatic carboxylic acids is 1. The van der Waals surface area contributed by atoms with Crippen molar-refractivity contribution < 1.29 is 18.5 Å². The molecule has 16 heavy (non-hydrogen) atoms. The zero-order valence-corrected chi connectivity index (χ0v) is 9.53. The first kappa shape index (κ1) is 11.3. The Balaban J connectivity index is 1.93. The minimum Gasteiger partial charge on any atom is -0.478 e. The van der Waals surface area contributed by atoms with Crippen LogP contribution in [0.3, 0.4) is 0 Å². The molecule has 1 aliphatic rings. The highest BCUT2D eigenvalue weighted by molar-refractivity contribution is 7.85. The van der Waals surface area contributed by atoms with Crippen molar-refractivity contribution in [3.8, 4) is 0 Å². The van der Waals surface area contributed by atoms with Gasteiger partial charge in [-0.25, -0.2) is 4.79 Å². The third-order valence-electron chi connectivity index (χ3n) is 2.55. The summed E-state index contributed by atoms with van der Waals surface area (Å²) in [6.07, 6.45) is 1.25. The van der Waals surface area contributed by atoms with Crippen LogP contribution in [0.25, 0.3) is 0 Å². The molecule has 1 aromatic rings. The first-order chi connectivity index (χ1) is 7.65. The molecular formula is C10H13NO4S. The molecule has 0 amide bonds. The summed E-state index contributed by atoms with van der Waals surface area (Å²) in [5.41, 5.74) is 0.176. The second-order valence-electron chi connectivity index (χ2n) is 3.73. The third-order valence-corrected chi connectivity index (χ3v) is 3.83. The van der Waals surface area contributed by atoms with Gasteiger partial charge in [0.1, 0.15) is 12.0 Å². The van der Waals surface area contributed by atoms with Crippen LogP contribution in [0, 0.1) is 0 Å². The quantitative estimate of drug-likeness (QED) is 0.839. The lowest BCUT2D eigenvalue weighted by Crippen LogP contribution is -2.37. The Morgan fingerprint density at radius 2 is 2.19 bits per heavy atom. The molecule has 88 valence electrons. The number of rotatable bonds is 3. The molecule has 6 heteroatoms. The molecule has 0 atom stereocenters. The monoisotopic (exact) mass is 243 g/mol. The molecule has 5 nitrogen and oxygen atoms in total. The Kier molecular flexibility index (Phi) is 3.40. The fourth-order valence-corrected chi connectivity index (χ4v) is 2.76. The number of carboxylic acids is 1. The van der Waals surface area contributed by atoms with Crippen molar-refractivity contribution in [3.63, 3.8) is 0 Å². The van der Waals surface area contributed by atoms with Gasteiger partial charge in [-0.1, -0.05) is 0 Å². The Morgan fingerprint density at radius 1 is 1.50 bits per heavy atom. The van der Waals surface area contributed by atoms with Crippen molar-refractivity contribution in [2.45, 2.75) is 6.54 Å². The first-order valence-electron chi connectivity index (χ1n) is 5.03. The van der Waals surface area contributed by atoms with Crippen molar-refractivity contribution in [2.75, 3.05) is 24.6 Å². The molecule has 1 aliphatic heterocycles. The molecule has 2 rings (SSSR count). The van der Waals surface area contributed by atoms with Gasteiger partial charge in [-0.15, -0.1) is 0 Å². The zero-order chi connectivity index (χ0) is 11.5. The summed E-state index contributed by atoms with van der Waals surface area (Å²) in [6.45, 7) is 2.13. The van der Waals surface area contributed by atoms with E-state index in [2.05, 4.69) is 4.90 Å². The Labute approximate surface area is 95.5 Å². The van der Waals surface area contributed by atoms with Gasteiger partial charge in [-0.05, 0) is 6.07 Å². The number of carboxylic acid groups (broad SMARTS) is 1. The summed E-state index contributed by atoms with van der Waals surface area (Å²) < 4.78 is 16.3. The van der Waals surface area contributed by atoms with Gasteiger partial charge >= 0.3 is 5.97 Å². The van der Waals surface area contributed by atoms with Gasteiger partial charge < -0.3 is 9.52 Å². The number of hydrogen-bond donors (Lipinski definition) is 1. The topological polar surface area (TPSA) is 70.8 Å². The molecule has 0 spiro atoms. The lowest BCUT2D eigenvalue weighted by molar-refractivity contribution is 0.0696. The highest BCUT2D eigenvalue weighted by Crippen LogP contribution is 2.12. The second-order valence-corrected chi connectivity index (χ2v) is 5.43. The smallest absolute Gasteiger partial charge is 0.338 e. The summed E-state index contributed by atoms with van der Waals surface area (Å²) in [4.78, 5) is 12.8. The molecule has 0 radical (unpaired) electrons. The van der Waals surface area contributed by atoms with Gasteiger partial charge in [0.25, 0.3) is 0 Å². The average molecular weight is 243 g/mol. The molecule has 0 saturated carbocycles. The molecule has 0 bridgehead atoms. The molecule has 1 N–H and O–H groups in total. The fourth-order valence-electron chi connectivity index (χ4n) is 1.63. The van der Waals surface area contributed by atoms with Gasteiger partial charge in [0, 0.05) is 35.4 Å². The van der Waals surface area contributed by atoms with Gasteiger partial charge in [0.05, 0.1) is 12.1 Å². The fraction of sp³-hybridized carbons (Fsp3) is 0.500. The molecule has 0 aliphatic carbocycles. The number of furan rings is 1. The van der Waals surface area contributed by atoms with Crippen LogP contribution in [0.15, 0.2) is 16.7 Å². The summed E-state index contributed by atoms with van der Waals surface area (Å²) >= 11 is 0. The van der Waals surface area contributed by atoms with Crippen LogP contribution in [-0.4, -0.2) is 44.8 Å². The summed E-state index contributed by atoms with van der Waals surface area (Å²) in [5.74, 6) is 1.04. The number of hydrogen-bond acceptors (Lipinski definition) is 4. The van der Waals surface area contributed by atoms with E-state index < -0.39 is 16.8 Å². The second kappa shape index (κ2) is 4.80. The molecule has 0 aromatic carbocycles. The maximum atomic E-state index is 11.1. The van der Waals surface area contributed by atoms with Crippen LogP contribution >= 0.6 is 0 Å². The summed E-state index contributed by atoms with van der Waals surface area (Å²) in [5, 5.41) is 8.72. The number of nitrogens with zero attached hydrogens (tertiary/aromatic N) is 1. The predicted octanol–water partition coefficient (Wildman–Crippen LogP) is 0.542. The van der Waals surface area contributed by atoms with Crippen LogP contribution in [0.4, 0.5) is 0 Å². The van der Waals surface area contributed by atoms with E-state index in [9.17, 15) is 9.00 Å². The predicted molar refractivity (Wildman–Crippen MR) is 58.8 cm³/mol. The van der Waals surface area contributed by atoms with Gasteiger partial charge in [-0.3, -0.25) is 9.11 Å². The summed E-state index contributed by atoms with van der Waals surface area (Å²) in [6, 6.07) is 1.54. The van der Waals surface area contributed by atoms with E-state index in [1.54, 1.807) is 0 Å². The standard InChI is InChI=1S/C10H13NO4S/c12-10(13)8-5-9(15-7-8)6-11-1-3-16(14)4-2-11/h5,7H,1-4,6H2,(H,12,13). The molecule has 0 unspecified atom stereocenters. The van der Waals surface area contributed by atoms with Crippen LogP contribution in [0.1, 0.15) is 16.1 Å². The van der Waals surface area contributed by atoms with Crippen molar-refractivity contribution >= 4 is 16.8 Å². The first-order valence-corrected chi connectivity index (χ1v) is 6.52. The van der Waals surface area contributed by atoms with Crippen LogP contribution < -0.4 is 0 Å². The Hall–Kier alpha value is -1.14. The van der Waals surface area contributed by atoms with E-state index in [0.717, 1.165) is 13.1 Å². The molecule has 1 saturated heterocycles. The van der Waals surface area contributed by atoms with Gasteiger partial charge in [-0.2, -0.15) is 0 Å². The number of carbonyl (C=O) groups is 1. The highest BCUT2D eigenvalue weighted by atomic mass is 32.2. The van der Waals surface area contributed by atoms with Crippen LogP contribution in [0.5, 0.6) is 0 Å². The van der Waals surface area contributed by atoms with Crippen molar-refractivity contribution in [1.29, 1.82) is 0 Å². The maximum absolute atomic E-state index is 11.1. The largest absolute Gasteiger partial charge is 0.478 e. The normalized spacial score (nSPS) is 18.8. The van der Waals surface area contributed by atoms with E-state index in [1.165, 1.54) is 12.3 Å². The highest BCUT2D eigenvalue weighted by Gasteiger charge is 2.17. The summed E-state index contributed by atoms with van der Waals surface area (Å²) in [7, 11) is -0.687. The van der Waals surface area contributed by atoms with Crippen molar-refractivity contribution in [2.24, 2.45) is 0 Å². The third kappa shape index (κ3) is 2.70. The van der Waals surface area contributed by atoms with E-state index in [4.69, 9.17) is 9.52 Å². The van der Waals surface area contributed by atoms with Crippen LogP contribution in [0.2, 0.25) is 0 Å². The van der Waals surface area contributed by atoms with E-state index in [0.29, 0.717) is 23.8 Å². The SMILES string of the molecule is O=C(O)c1coc(CN2CCS(=O)CC2)c1. The average Bonchev–Trinajstić information content (AvgIpc) is 2.70. The minimum atomic E-state index is -0.977. The van der Waals surface area contributed by atoms with Crippen molar-refractivity contribution in [1.82, 2.24) is 4.90 Å². The van der Waals surface area contributed by atoms with Gasteiger partial charge in [0.15, 0.2) is 0 Å². The van der Waals surface area contributed by atoms with E-state index in [-0.39, 0.29) is 5.56 Å². The minimum absolute atomic E-state index is 0.176. The van der Waals surface area contributed by atoms with Crippen LogP contribution in [-0.2, 0) is 17.3 Å². The maximum Gasteiger partial charge on any atom is 0.338 e. The molecule has 1 aromatic heterocycles. The van der Waals surface area contributed by atoms with Gasteiger partial charge in [0.2, 0.25) is 0 Å².